The maximum absolute atomic E-state index is 11.7. The molecule has 1 unspecified atom stereocenters. The Kier molecular flexibility index (Phi) is 7.05. The Morgan fingerprint density at radius 2 is 1.50 bits per heavy atom. The highest BCUT2D eigenvalue weighted by Crippen LogP contribution is 2.28. The van der Waals surface area contributed by atoms with Crippen molar-refractivity contribution in [2.75, 3.05) is 17.5 Å². The molecule has 0 saturated heterocycles. The van der Waals surface area contributed by atoms with Crippen molar-refractivity contribution in [2.45, 2.75) is 6.92 Å². The summed E-state index contributed by atoms with van der Waals surface area (Å²) in [5.41, 5.74) is 2.13. The molecule has 3 aromatic rings. The predicted octanol–water partition coefficient (Wildman–Crippen LogP) is 4.08. The molecule has 3 aromatic carbocycles. The van der Waals surface area contributed by atoms with Crippen LogP contribution in [-0.4, -0.2) is 33.1 Å². The first-order valence-electron chi connectivity index (χ1n) is 9.10. The normalized spacial score (nSPS) is 11.5. The fraction of sp³-hybridized carbons (Fsp3) is 0.136. The minimum Gasteiger partial charge on any atom is -0.755 e. The van der Waals surface area contributed by atoms with Gasteiger partial charge in [-0.25, -0.2) is 4.79 Å². The molecule has 156 valence electrons. The van der Waals surface area contributed by atoms with E-state index in [0.29, 0.717) is 17.1 Å². The van der Waals surface area contributed by atoms with Crippen molar-refractivity contribution in [3.63, 3.8) is 0 Å². The minimum atomic E-state index is -2.48. The maximum atomic E-state index is 11.7. The van der Waals surface area contributed by atoms with Gasteiger partial charge in [0.25, 0.3) is 0 Å². The van der Waals surface area contributed by atoms with Gasteiger partial charge in [-0.05, 0) is 55.5 Å². The van der Waals surface area contributed by atoms with Gasteiger partial charge in [-0.15, -0.1) is 0 Å². The molecule has 0 aliphatic heterocycles. The molecule has 0 saturated carbocycles. The van der Waals surface area contributed by atoms with Crippen LogP contribution in [0.4, 0.5) is 11.4 Å². The number of benzene rings is 3. The molecule has 1 atom stereocenters. The second kappa shape index (κ2) is 9.91. The zero-order valence-corrected chi connectivity index (χ0v) is 17.0. The van der Waals surface area contributed by atoms with Crippen molar-refractivity contribution in [1.29, 1.82) is 0 Å². The Morgan fingerprint density at radius 3 is 2.10 bits per heavy atom. The highest BCUT2D eigenvalue weighted by molar-refractivity contribution is 7.81. The number of hydrogen-bond acceptors (Lipinski definition) is 5. The Morgan fingerprint density at radius 1 is 0.933 bits per heavy atom. The number of aryl methyl sites for hydroxylation is 1. The van der Waals surface area contributed by atoms with E-state index in [1.165, 1.54) is 10.4 Å². The topological polar surface area (TPSA) is 99.1 Å². The molecule has 0 radical (unpaired) electrons. The second-order valence-corrected chi connectivity index (χ2v) is 7.14. The third-order valence-corrected chi connectivity index (χ3v) is 4.94. The summed E-state index contributed by atoms with van der Waals surface area (Å²) >= 11 is -2.48. The van der Waals surface area contributed by atoms with Crippen molar-refractivity contribution in [3.8, 4) is 11.5 Å². The van der Waals surface area contributed by atoms with Crippen LogP contribution in [0, 0.1) is 6.92 Å². The number of para-hydroxylation sites is 1. The molecule has 0 aliphatic rings. The molecule has 30 heavy (non-hydrogen) atoms. The van der Waals surface area contributed by atoms with Crippen LogP contribution in [0.15, 0.2) is 72.8 Å². The number of hydrogen-bond donors (Lipinski definition) is 1. The molecule has 0 bridgehead atoms. The summed E-state index contributed by atoms with van der Waals surface area (Å²) in [6, 6.07) is 20.1. The van der Waals surface area contributed by atoms with Crippen molar-refractivity contribution in [2.24, 2.45) is 0 Å². The van der Waals surface area contributed by atoms with E-state index in [9.17, 15) is 13.6 Å². The number of aromatic carboxylic acids is 1. The largest absolute Gasteiger partial charge is 0.755 e. The lowest BCUT2D eigenvalue weighted by molar-refractivity contribution is 0.0691. The SMILES string of the molecule is Cc1ccc(N(c2ccc(OCCOc3ccccc3C(=O)O)cc2)S(=O)[O-])cc1. The summed E-state index contributed by atoms with van der Waals surface area (Å²) in [7, 11) is 0. The average molecular weight is 426 g/mol. The van der Waals surface area contributed by atoms with Crippen molar-refractivity contribution in [3.05, 3.63) is 83.9 Å². The fourth-order valence-corrected chi connectivity index (χ4v) is 3.35. The quantitative estimate of drug-likeness (QED) is 0.409. The lowest BCUT2D eigenvalue weighted by Gasteiger charge is -2.26. The molecule has 3 rings (SSSR count). The van der Waals surface area contributed by atoms with Crippen LogP contribution in [0.2, 0.25) is 0 Å². The number of rotatable bonds is 9. The Balaban J connectivity index is 1.60. The van der Waals surface area contributed by atoms with Gasteiger partial charge in [0.2, 0.25) is 0 Å². The van der Waals surface area contributed by atoms with Gasteiger partial charge in [-0.1, -0.05) is 29.8 Å². The van der Waals surface area contributed by atoms with Crippen molar-refractivity contribution < 1.29 is 28.1 Å². The monoisotopic (exact) mass is 426 g/mol. The molecule has 1 N–H and O–H groups in total. The average Bonchev–Trinajstić information content (AvgIpc) is 2.74. The zero-order chi connectivity index (χ0) is 21.5. The standard InChI is InChI=1S/C22H21NO6S/c1-16-6-8-17(9-7-16)23(30(26)27)18-10-12-19(13-11-18)28-14-15-29-21-5-3-2-4-20(21)22(24)25/h2-13H,14-15H2,1H3,(H,24,25)(H,26,27)/p-1. The molecule has 0 amide bonds. The van der Waals surface area contributed by atoms with Gasteiger partial charge in [0.05, 0.1) is 22.6 Å². The van der Waals surface area contributed by atoms with E-state index in [-0.39, 0.29) is 24.5 Å². The minimum absolute atomic E-state index is 0.0867. The van der Waals surface area contributed by atoms with Crippen molar-refractivity contribution in [1.82, 2.24) is 0 Å². The number of nitrogens with zero attached hydrogens (tertiary/aromatic N) is 1. The summed E-state index contributed by atoms with van der Waals surface area (Å²) < 4.78 is 35.7. The van der Waals surface area contributed by atoms with E-state index in [4.69, 9.17) is 14.6 Å². The van der Waals surface area contributed by atoms with Crippen LogP contribution < -0.4 is 13.8 Å². The number of carbonyl (C=O) groups is 1. The van der Waals surface area contributed by atoms with Gasteiger partial charge >= 0.3 is 5.97 Å². The van der Waals surface area contributed by atoms with E-state index in [1.54, 1.807) is 54.6 Å². The van der Waals surface area contributed by atoms with Gasteiger partial charge in [0, 0.05) is 0 Å². The van der Waals surface area contributed by atoms with Gasteiger partial charge in [0.15, 0.2) is 0 Å². The summed E-state index contributed by atoms with van der Waals surface area (Å²) in [5, 5.41) is 9.15. The van der Waals surface area contributed by atoms with E-state index in [1.807, 2.05) is 19.1 Å². The van der Waals surface area contributed by atoms with Gasteiger partial charge < -0.3 is 19.1 Å². The van der Waals surface area contributed by atoms with Crippen LogP contribution in [0.25, 0.3) is 0 Å². The fourth-order valence-electron chi connectivity index (χ4n) is 2.76. The molecule has 0 fully saturated rings. The summed E-state index contributed by atoms with van der Waals surface area (Å²) in [6.45, 7) is 2.28. The summed E-state index contributed by atoms with van der Waals surface area (Å²) in [5.74, 6) is -0.249. The molecule has 7 nitrogen and oxygen atoms in total. The number of carboxylic acids is 1. The van der Waals surface area contributed by atoms with E-state index in [0.717, 1.165) is 5.56 Å². The Bertz CT molecular complexity index is 1020. The van der Waals surface area contributed by atoms with Crippen LogP contribution in [0.5, 0.6) is 11.5 Å². The van der Waals surface area contributed by atoms with Gasteiger partial charge in [-0.3, -0.25) is 8.51 Å². The van der Waals surface area contributed by atoms with E-state index < -0.39 is 17.2 Å². The first-order valence-corrected chi connectivity index (χ1v) is 10.1. The first-order chi connectivity index (χ1) is 14.5. The Labute approximate surface area is 176 Å². The molecule has 0 aliphatic carbocycles. The first kappa shape index (κ1) is 21.4. The number of anilines is 2. The summed E-state index contributed by atoms with van der Waals surface area (Å²) in [4.78, 5) is 11.2. The molecule has 0 spiro atoms. The van der Waals surface area contributed by atoms with Crippen LogP contribution >= 0.6 is 0 Å². The molecular formula is C22H20NO6S-. The number of ether oxygens (including phenoxy) is 2. The highest BCUT2D eigenvalue weighted by Gasteiger charge is 2.11. The van der Waals surface area contributed by atoms with E-state index >= 15 is 0 Å². The van der Waals surface area contributed by atoms with Gasteiger partial charge in [0.1, 0.15) is 30.3 Å². The number of carboxylic acid groups (broad SMARTS) is 1. The van der Waals surface area contributed by atoms with Crippen LogP contribution in [0.3, 0.4) is 0 Å². The predicted molar refractivity (Wildman–Crippen MR) is 113 cm³/mol. The molecular weight excluding hydrogens is 406 g/mol. The molecule has 8 heteroatoms. The lowest BCUT2D eigenvalue weighted by atomic mass is 10.2. The third kappa shape index (κ3) is 5.37. The highest BCUT2D eigenvalue weighted by atomic mass is 32.2. The smallest absolute Gasteiger partial charge is 0.339 e. The third-order valence-electron chi connectivity index (χ3n) is 4.22. The molecule has 0 aromatic heterocycles. The molecule has 0 heterocycles. The van der Waals surface area contributed by atoms with Crippen LogP contribution in [-0.2, 0) is 11.3 Å². The summed E-state index contributed by atoms with van der Waals surface area (Å²) in [6.07, 6.45) is 0. The lowest BCUT2D eigenvalue weighted by Crippen LogP contribution is -2.19. The maximum Gasteiger partial charge on any atom is 0.339 e. The van der Waals surface area contributed by atoms with Crippen molar-refractivity contribution >= 4 is 28.6 Å². The Hall–Kier alpha value is -3.36. The zero-order valence-electron chi connectivity index (χ0n) is 16.2. The van der Waals surface area contributed by atoms with E-state index in [2.05, 4.69) is 0 Å². The van der Waals surface area contributed by atoms with Crippen LogP contribution in [0.1, 0.15) is 15.9 Å². The van der Waals surface area contributed by atoms with Gasteiger partial charge in [-0.2, -0.15) is 0 Å². The second-order valence-electron chi connectivity index (χ2n) is 6.34.